The first-order chi connectivity index (χ1) is 10.7. The fourth-order valence-corrected chi connectivity index (χ4v) is 2.24. The predicted octanol–water partition coefficient (Wildman–Crippen LogP) is 3.27. The van der Waals surface area contributed by atoms with Crippen molar-refractivity contribution >= 4 is 16.9 Å². The maximum absolute atomic E-state index is 13.9. The quantitative estimate of drug-likeness (QED) is 0.801. The zero-order valence-corrected chi connectivity index (χ0v) is 12.3. The molecule has 0 saturated heterocycles. The summed E-state index contributed by atoms with van der Waals surface area (Å²) in [5, 5.41) is 3.17. The Bertz CT molecular complexity index is 822. The average molecular weight is 298 g/mol. The van der Waals surface area contributed by atoms with Crippen LogP contribution in [0.15, 0.2) is 36.7 Å². The van der Waals surface area contributed by atoms with Crippen molar-refractivity contribution in [2.24, 2.45) is 0 Å². The number of nitrogens with one attached hydrogen (secondary N) is 1. The summed E-state index contributed by atoms with van der Waals surface area (Å²) in [6, 6.07) is 6.55. The molecule has 0 aliphatic heterocycles. The summed E-state index contributed by atoms with van der Waals surface area (Å²) in [4.78, 5) is 13.1. The number of hydrogen-bond donors (Lipinski definition) is 1. The number of anilines is 1. The second-order valence-electron chi connectivity index (χ2n) is 4.66. The first-order valence-electron chi connectivity index (χ1n) is 6.92. The molecule has 3 rings (SSSR count). The fourth-order valence-electron chi connectivity index (χ4n) is 2.24. The number of nitrogens with zero attached hydrogens (tertiary/aromatic N) is 3. The molecule has 5 nitrogen and oxygen atoms in total. The standard InChI is InChI=1S/C16H15FN4O/c1-3-18-16-15-13(19-6-7-20-15)9-12(21-16)10-4-5-14(22-2)11(17)8-10/h4-9H,3H2,1-2H3,(H,18,21). The molecule has 0 spiro atoms. The van der Waals surface area contributed by atoms with Crippen LogP contribution in [0.1, 0.15) is 6.92 Å². The van der Waals surface area contributed by atoms with E-state index in [1.807, 2.05) is 6.92 Å². The van der Waals surface area contributed by atoms with Gasteiger partial charge in [-0.2, -0.15) is 0 Å². The highest BCUT2D eigenvalue weighted by Crippen LogP contribution is 2.28. The summed E-state index contributed by atoms with van der Waals surface area (Å²) in [6.07, 6.45) is 3.24. The fraction of sp³-hybridized carbons (Fsp3) is 0.188. The van der Waals surface area contributed by atoms with Gasteiger partial charge in [-0.15, -0.1) is 0 Å². The number of methoxy groups -OCH3 is 1. The molecule has 0 radical (unpaired) electrons. The van der Waals surface area contributed by atoms with Gasteiger partial charge in [-0.25, -0.2) is 14.4 Å². The van der Waals surface area contributed by atoms with Crippen LogP contribution < -0.4 is 10.1 Å². The van der Waals surface area contributed by atoms with Gasteiger partial charge >= 0.3 is 0 Å². The summed E-state index contributed by atoms with van der Waals surface area (Å²) in [5.74, 6) is 0.418. The Hall–Kier alpha value is -2.76. The largest absolute Gasteiger partial charge is 0.494 e. The number of halogens is 1. The Morgan fingerprint density at radius 1 is 1.18 bits per heavy atom. The molecule has 0 unspecified atom stereocenters. The molecule has 2 aromatic heterocycles. The summed E-state index contributed by atoms with van der Waals surface area (Å²) >= 11 is 0. The van der Waals surface area contributed by atoms with Crippen molar-refractivity contribution in [3.63, 3.8) is 0 Å². The van der Waals surface area contributed by atoms with Gasteiger partial charge in [-0.3, -0.25) is 4.98 Å². The molecular weight excluding hydrogens is 283 g/mol. The lowest BCUT2D eigenvalue weighted by atomic mass is 10.1. The molecule has 112 valence electrons. The monoisotopic (exact) mass is 298 g/mol. The Labute approximate surface area is 127 Å². The van der Waals surface area contributed by atoms with Crippen LogP contribution in [-0.2, 0) is 0 Å². The molecular formula is C16H15FN4O. The third-order valence-electron chi connectivity index (χ3n) is 3.25. The van der Waals surface area contributed by atoms with Crippen LogP contribution in [0.5, 0.6) is 5.75 Å². The molecule has 2 heterocycles. The zero-order valence-electron chi connectivity index (χ0n) is 12.3. The van der Waals surface area contributed by atoms with Gasteiger partial charge < -0.3 is 10.1 Å². The molecule has 0 aliphatic carbocycles. The van der Waals surface area contributed by atoms with Crippen LogP contribution in [0.25, 0.3) is 22.3 Å². The van der Waals surface area contributed by atoms with Gasteiger partial charge in [-0.05, 0) is 31.2 Å². The summed E-state index contributed by atoms with van der Waals surface area (Å²) in [6.45, 7) is 2.68. The SMILES string of the molecule is CCNc1nc(-c2ccc(OC)c(F)c2)cc2nccnc12. The Kier molecular flexibility index (Phi) is 3.82. The van der Waals surface area contributed by atoms with Gasteiger partial charge in [0.15, 0.2) is 17.4 Å². The second-order valence-corrected chi connectivity index (χ2v) is 4.66. The Balaban J connectivity index is 2.16. The van der Waals surface area contributed by atoms with Crippen LogP contribution >= 0.6 is 0 Å². The highest BCUT2D eigenvalue weighted by Gasteiger charge is 2.11. The van der Waals surface area contributed by atoms with Gasteiger partial charge in [0.1, 0.15) is 5.52 Å². The maximum Gasteiger partial charge on any atom is 0.165 e. The number of hydrogen-bond acceptors (Lipinski definition) is 5. The predicted molar refractivity (Wildman–Crippen MR) is 83.4 cm³/mol. The first kappa shape index (κ1) is 14.2. The number of benzene rings is 1. The van der Waals surface area contributed by atoms with E-state index in [-0.39, 0.29) is 5.75 Å². The average Bonchev–Trinajstić information content (AvgIpc) is 2.55. The van der Waals surface area contributed by atoms with Crippen molar-refractivity contribution in [1.82, 2.24) is 15.0 Å². The van der Waals surface area contributed by atoms with Gasteiger partial charge in [0, 0.05) is 24.5 Å². The zero-order chi connectivity index (χ0) is 15.5. The van der Waals surface area contributed by atoms with Crippen LogP contribution in [-0.4, -0.2) is 28.6 Å². The number of pyridine rings is 1. The van der Waals surface area contributed by atoms with E-state index < -0.39 is 5.82 Å². The molecule has 0 amide bonds. The molecule has 0 saturated carbocycles. The Morgan fingerprint density at radius 3 is 2.73 bits per heavy atom. The minimum absolute atomic E-state index is 0.205. The second kappa shape index (κ2) is 5.93. The van der Waals surface area contributed by atoms with E-state index in [1.165, 1.54) is 13.2 Å². The molecule has 0 bridgehead atoms. The summed E-state index contributed by atoms with van der Waals surface area (Å²) < 4.78 is 18.8. The van der Waals surface area contributed by atoms with Crippen molar-refractivity contribution in [1.29, 1.82) is 0 Å². The third-order valence-corrected chi connectivity index (χ3v) is 3.25. The van der Waals surface area contributed by atoms with Gasteiger partial charge in [0.05, 0.1) is 18.3 Å². The number of aromatic nitrogens is 3. The number of rotatable bonds is 4. The van der Waals surface area contributed by atoms with Gasteiger partial charge in [0.2, 0.25) is 0 Å². The lowest BCUT2D eigenvalue weighted by molar-refractivity contribution is 0.386. The molecule has 0 aliphatic rings. The number of ether oxygens (including phenoxy) is 1. The lowest BCUT2D eigenvalue weighted by Gasteiger charge is -2.10. The van der Waals surface area contributed by atoms with E-state index >= 15 is 0 Å². The van der Waals surface area contributed by atoms with Gasteiger partial charge in [-0.1, -0.05) is 0 Å². The molecule has 1 N–H and O–H groups in total. The molecule has 6 heteroatoms. The third kappa shape index (κ3) is 2.55. The van der Waals surface area contributed by atoms with E-state index in [2.05, 4.69) is 20.3 Å². The highest BCUT2D eigenvalue weighted by atomic mass is 19.1. The van der Waals surface area contributed by atoms with E-state index in [4.69, 9.17) is 4.74 Å². The van der Waals surface area contributed by atoms with Crippen molar-refractivity contribution in [2.45, 2.75) is 6.92 Å². The minimum atomic E-state index is -0.425. The van der Waals surface area contributed by atoms with E-state index in [1.54, 1.807) is 30.6 Å². The van der Waals surface area contributed by atoms with Crippen molar-refractivity contribution in [3.8, 4) is 17.0 Å². The van der Waals surface area contributed by atoms with Crippen molar-refractivity contribution in [3.05, 3.63) is 42.5 Å². The summed E-state index contributed by atoms with van der Waals surface area (Å²) in [5.41, 5.74) is 2.69. The Morgan fingerprint density at radius 2 is 2.00 bits per heavy atom. The highest BCUT2D eigenvalue weighted by molar-refractivity contribution is 5.88. The molecule has 3 aromatic rings. The van der Waals surface area contributed by atoms with Gasteiger partial charge in [0.25, 0.3) is 0 Å². The molecule has 1 aromatic carbocycles. The maximum atomic E-state index is 13.9. The molecule has 22 heavy (non-hydrogen) atoms. The van der Waals surface area contributed by atoms with Crippen molar-refractivity contribution < 1.29 is 9.13 Å². The van der Waals surface area contributed by atoms with E-state index in [0.29, 0.717) is 34.7 Å². The lowest BCUT2D eigenvalue weighted by Crippen LogP contribution is -2.03. The minimum Gasteiger partial charge on any atom is -0.494 e. The summed E-state index contributed by atoms with van der Waals surface area (Å²) in [7, 11) is 1.44. The van der Waals surface area contributed by atoms with E-state index in [0.717, 1.165) is 0 Å². The van der Waals surface area contributed by atoms with Crippen LogP contribution in [0.4, 0.5) is 10.2 Å². The molecule has 0 fully saturated rings. The van der Waals surface area contributed by atoms with Crippen LogP contribution in [0.2, 0.25) is 0 Å². The van der Waals surface area contributed by atoms with Crippen molar-refractivity contribution in [2.75, 3.05) is 19.0 Å². The van der Waals surface area contributed by atoms with E-state index in [9.17, 15) is 4.39 Å². The van der Waals surface area contributed by atoms with Crippen LogP contribution in [0, 0.1) is 5.82 Å². The normalized spacial score (nSPS) is 10.7. The smallest absolute Gasteiger partial charge is 0.165 e. The topological polar surface area (TPSA) is 59.9 Å². The molecule has 0 atom stereocenters. The number of fused-ring (bicyclic) bond motifs is 1. The first-order valence-corrected chi connectivity index (χ1v) is 6.92. The van der Waals surface area contributed by atoms with Crippen LogP contribution in [0.3, 0.4) is 0 Å².